The van der Waals surface area contributed by atoms with Crippen molar-refractivity contribution in [2.75, 3.05) is 12.4 Å². The standard InChI is InChI=1S/C20H14ClNO3/c1-24-17-8-6-12(21)10-16(17)20(23)22-13-7-9-19-15(11-13)14-4-2-3-5-18(14)25-19/h2-11H,1H3,(H,22,23). The molecule has 0 aliphatic heterocycles. The summed E-state index contributed by atoms with van der Waals surface area (Å²) in [4.78, 5) is 12.6. The first kappa shape index (κ1) is 15.5. The summed E-state index contributed by atoms with van der Waals surface area (Å²) in [5.41, 5.74) is 2.65. The molecule has 1 heterocycles. The summed E-state index contributed by atoms with van der Waals surface area (Å²) in [7, 11) is 1.52. The van der Waals surface area contributed by atoms with Crippen LogP contribution >= 0.6 is 11.6 Å². The molecule has 0 fully saturated rings. The van der Waals surface area contributed by atoms with E-state index >= 15 is 0 Å². The van der Waals surface area contributed by atoms with E-state index in [-0.39, 0.29) is 5.91 Å². The van der Waals surface area contributed by atoms with E-state index in [2.05, 4.69) is 5.32 Å². The van der Waals surface area contributed by atoms with Gasteiger partial charge in [0.05, 0.1) is 12.7 Å². The van der Waals surface area contributed by atoms with Crippen molar-refractivity contribution in [1.82, 2.24) is 0 Å². The molecule has 0 bridgehead atoms. The molecule has 5 heteroatoms. The third-order valence-corrected chi connectivity index (χ3v) is 4.28. The van der Waals surface area contributed by atoms with Crippen LogP contribution in [0.2, 0.25) is 5.02 Å². The van der Waals surface area contributed by atoms with Gasteiger partial charge in [-0.3, -0.25) is 4.79 Å². The molecule has 0 radical (unpaired) electrons. The van der Waals surface area contributed by atoms with Crippen molar-refractivity contribution >= 4 is 45.1 Å². The van der Waals surface area contributed by atoms with Gasteiger partial charge in [0, 0.05) is 21.5 Å². The minimum absolute atomic E-state index is 0.286. The van der Waals surface area contributed by atoms with Gasteiger partial charge in [-0.05, 0) is 42.5 Å². The zero-order chi connectivity index (χ0) is 17.4. The molecule has 0 saturated carbocycles. The van der Waals surface area contributed by atoms with E-state index in [4.69, 9.17) is 20.8 Å². The average Bonchev–Trinajstić information content (AvgIpc) is 2.99. The Balaban J connectivity index is 1.72. The first-order chi connectivity index (χ1) is 12.2. The highest BCUT2D eigenvalue weighted by atomic mass is 35.5. The number of halogens is 1. The molecule has 1 N–H and O–H groups in total. The van der Waals surface area contributed by atoms with Crippen LogP contribution in [-0.2, 0) is 0 Å². The van der Waals surface area contributed by atoms with E-state index in [0.717, 1.165) is 21.9 Å². The van der Waals surface area contributed by atoms with E-state index in [1.165, 1.54) is 7.11 Å². The molecule has 124 valence electrons. The molecule has 4 rings (SSSR count). The highest BCUT2D eigenvalue weighted by Gasteiger charge is 2.14. The number of amides is 1. The highest BCUT2D eigenvalue weighted by Crippen LogP contribution is 2.31. The normalized spacial score (nSPS) is 11.0. The molecule has 4 nitrogen and oxygen atoms in total. The van der Waals surface area contributed by atoms with Gasteiger partial charge >= 0.3 is 0 Å². The minimum Gasteiger partial charge on any atom is -0.496 e. The Bertz CT molecular complexity index is 1100. The van der Waals surface area contributed by atoms with Gasteiger partial charge < -0.3 is 14.5 Å². The molecule has 0 spiro atoms. The van der Waals surface area contributed by atoms with Gasteiger partial charge in [-0.1, -0.05) is 29.8 Å². The average molecular weight is 352 g/mol. The number of carbonyl (C=O) groups excluding carboxylic acids is 1. The predicted octanol–water partition coefficient (Wildman–Crippen LogP) is 5.50. The topological polar surface area (TPSA) is 51.5 Å². The molecule has 0 saturated heterocycles. The number of benzene rings is 3. The van der Waals surface area contributed by atoms with E-state index < -0.39 is 0 Å². The molecule has 3 aromatic carbocycles. The number of carbonyl (C=O) groups is 1. The molecular formula is C20H14ClNO3. The van der Waals surface area contributed by atoms with Crippen molar-refractivity contribution < 1.29 is 13.9 Å². The number of furan rings is 1. The number of rotatable bonds is 3. The summed E-state index contributed by atoms with van der Waals surface area (Å²) in [5.74, 6) is 0.184. The Hall–Kier alpha value is -2.98. The summed E-state index contributed by atoms with van der Waals surface area (Å²) in [6, 6.07) is 18.3. The van der Waals surface area contributed by atoms with Crippen molar-refractivity contribution in [3.63, 3.8) is 0 Å². The molecule has 0 aliphatic rings. The van der Waals surface area contributed by atoms with Crippen molar-refractivity contribution in [3.05, 3.63) is 71.2 Å². The van der Waals surface area contributed by atoms with Gasteiger partial charge in [0.25, 0.3) is 5.91 Å². The second kappa shape index (κ2) is 6.15. The Morgan fingerprint density at radius 2 is 1.80 bits per heavy atom. The number of methoxy groups -OCH3 is 1. The summed E-state index contributed by atoms with van der Waals surface area (Å²) in [6.45, 7) is 0. The second-order valence-electron chi connectivity index (χ2n) is 5.61. The van der Waals surface area contributed by atoms with Crippen LogP contribution in [0.25, 0.3) is 21.9 Å². The number of anilines is 1. The Kier molecular flexibility index (Phi) is 3.82. The lowest BCUT2D eigenvalue weighted by Crippen LogP contribution is -2.13. The quantitative estimate of drug-likeness (QED) is 0.530. The molecule has 0 atom stereocenters. The largest absolute Gasteiger partial charge is 0.496 e. The lowest BCUT2D eigenvalue weighted by atomic mass is 10.1. The molecule has 0 aliphatic carbocycles. The maximum Gasteiger partial charge on any atom is 0.259 e. The number of hydrogen-bond donors (Lipinski definition) is 1. The highest BCUT2D eigenvalue weighted by molar-refractivity contribution is 6.31. The molecule has 0 unspecified atom stereocenters. The van der Waals surface area contributed by atoms with Crippen LogP contribution in [0.4, 0.5) is 5.69 Å². The van der Waals surface area contributed by atoms with Gasteiger partial charge in [-0.15, -0.1) is 0 Å². The second-order valence-corrected chi connectivity index (χ2v) is 6.04. The van der Waals surface area contributed by atoms with Gasteiger partial charge in [-0.25, -0.2) is 0 Å². The fraction of sp³-hybridized carbons (Fsp3) is 0.0500. The fourth-order valence-corrected chi connectivity index (χ4v) is 3.03. The number of fused-ring (bicyclic) bond motifs is 3. The smallest absolute Gasteiger partial charge is 0.259 e. The summed E-state index contributed by atoms with van der Waals surface area (Å²) in [6.07, 6.45) is 0. The Morgan fingerprint density at radius 3 is 2.64 bits per heavy atom. The lowest BCUT2D eigenvalue weighted by Gasteiger charge is -2.10. The zero-order valence-corrected chi connectivity index (χ0v) is 14.1. The van der Waals surface area contributed by atoms with Crippen molar-refractivity contribution in [2.24, 2.45) is 0 Å². The summed E-state index contributed by atoms with van der Waals surface area (Å²) >= 11 is 6.00. The van der Waals surface area contributed by atoms with Crippen LogP contribution < -0.4 is 10.1 Å². The summed E-state index contributed by atoms with van der Waals surface area (Å²) in [5, 5.41) is 5.32. The number of nitrogens with one attached hydrogen (secondary N) is 1. The maximum atomic E-state index is 12.6. The van der Waals surface area contributed by atoms with Crippen LogP contribution in [-0.4, -0.2) is 13.0 Å². The fourth-order valence-electron chi connectivity index (χ4n) is 2.86. The first-order valence-corrected chi connectivity index (χ1v) is 8.10. The van der Waals surface area contributed by atoms with E-state index in [1.807, 2.05) is 36.4 Å². The van der Waals surface area contributed by atoms with E-state index in [0.29, 0.717) is 22.0 Å². The Morgan fingerprint density at radius 1 is 1.00 bits per heavy atom. The molecule has 4 aromatic rings. The number of hydrogen-bond acceptors (Lipinski definition) is 3. The molecule has 25 heavy (non-hydrogen) atoms. The van der Waals surface area contributed by atoms with Crippen LogP contribution in [0, 0.1) is 0 Å². The zero-order valence-electron chi connectivity index (χ0n) is 13.4. The van der Waals surface area contributed by atoms with Crippen LogP contribution in [0.5, 0.6) is 5.75 Å². The third kappa shape index (κ3) is 2.81. The van der Waals surface area contributed by atoms with Crippen LogP contribution in [0.3, 0.4) is 0 Å². The molecule has 1 aromatic heterocycles. The lowest BCUT2D eigenvalue weighted by molar-refractivity contribution is 0.102. The first-order valence-electron chi connectivity index (χ1n) is 7.72. The minimum atomic E-state index is -0.286. The monoisotopic (exact) mass is 351 g/mol. The number of ether oxygens (including phenoxy) is 1. The van der Waals surface area contributed by atoms with Crippen LogP contribution in [0.15, 0.2) is 65.1 Å². The van der Waals surface area contributed by atoms with E-state index in [1.54, 1.807) is 24.3 Å². The van der Waals surface area contributed by atoms with Gasteiger partial charge in [-0.2, -0.15) is 0 Å². The number of para-hydroxylation sites is 1. The molecular weight excluding hydrogens is 338 g/mol. The molecule has 1 amide bonds. The van der Waals surface area contributed by atoms with Gasteiger partial charge in [0.2, 0.25) is 0 Å². The van der Waals surface area contributed by atoms with Crippen molar-refractivity contribution in [3.8, 4) is 5.75 Å². The van der Waals surface area contributed by atoms with Crippen molar-refractivity contribution in [2.45, 2.75) is 0 Å². The van der Waals surface area contributed by atoms with Gasteiger partial charge in [0.15, 0.2) is 0 Å². The van der Waals surface area contributed by atoms with Gasteiger partial charge in [0.1, 0.15) is 16.9 Å². The van der Waals surface area contributed by atoms with Crippen molar-refractivity contribution in [1.29, 1.82) is 0 Å². The Labute approximate surface area is 149 Å². The SMILES string of the molecule is COc1ccc(Cl)cc1C(=O)Nc1ccc2oc3ccccc3c2c1. The summed E-state index contributed by atoms with van der Waals surface area (Å²) < 4.78 is 11.0. The predicted molar refractivity (Wildman–Crippen MR) is 99.7 cm³/mol. The maximum absolute atomic E-state index is 12.6. The van der Waals surface area contributed by atoms with E-state index in [9.17, 15) is 4.79 Å². The third-order valence-electron chi connectivity index (χ3n) is 4.04. The van der Waals surface area contributed by atoms with Crippen LogP contribution in [0.1, 0.15) is 10.4 Å².